The molecule has 6 nitrogen and oxygen atoms in total. The fourth-order valence-electron chi connectivity index (χ4n) is 3.13. The molecule has 1 aliphatic rings. The Morgan fingerprint density at radius 1 is 1.35 bits per heavy atom. The summed E-state index contributed by atoms with van der Waals surface area (Å²) in [5, 5.41) is 4.24. The summed E-state index contributed by atoms with van der Waals surface area (Å²) in [5.41, 5.74) is -0.768. The van der Waals surface area contributed by atoms with Crippen LogP contribution in [0.25, 0.3) is 5.52 Å². The van der Waals surface area contributed by atoms with Crippen molar-refractivity contribution in [2.24, 2.45) is 0 Å². The minimum absolute atomic E-state index is 0.198. The van der Waals surface area contributed by atoms with Gasteiger partial charge in [-0.15, -0.1) is 0 Å². The first-order valence-corrected chi connectivity index (χ1v) is 9.59. The van der Waals surface area contributed by atoms with Gasteiger partial charge in [-0.05, 0) is 49.4 Å². The second kappa shape index (κ2) is 6.86. The van der Waals surface area contributed by atoms with Crippen molar-refractivity contribution in [2.45, 2.75) is 44.9 Å². The van der Waals surface area contributed by atoms with E-state index in [0.717, 1.165) is 9.09 Å². The molecule has 0 bridgehead atoms. The van der Waals surface area contributed by atoms with E-state index in [-0.39, 0.29) is 12.8 Å². The second-order valence-electron chi connectivity index (χ2n) is 7.51. The molecule has 0 aliphatic carbocycles. The smallest absolute Gasteiger partial charge is 0.410 e. The van der Waals surface area contributed by atoms with Crippen LogP contribution in [0.3, 0.4) is 0 Å². The number of fused-ring (bicyclic) bond motifs is 1. The van der Waals surface area contributed by atoms with Crippen molar-refractivity contribution in [1.29, 1.82) is 0 Å². The molecule has 3 heterocycles. The molecule has 0 radical (unpaired) electrons. The van der Waals surface area contributed by atoms with Crippen molar-refractivity contribution >= 4 is 34.2 Å². The van der Waals surface area contributed by atoms with Gasteiger partial charge in [-0.2, -0.15) is 5.10 Å². The van der Waals surface area contributed by atoms with Crippen LogP contribution in [0.15, 0.2) is 18.5 Å². The average Bonchev–Trinajstić information content (AvgIpc) is 2.93. The number of carbonyl (C=O) groups excluding carboxylic acids is 1. The van der Waals surface area contributed by atoms with Crippen molar-refractivity contribution in [3.05, 3.63) is 27.6 Å². The van der Waals surface area contributed by atoms with Gasteiger partial charge in [0, 0.05) is 31.5 Å². The van der Waals surface area contributed by atoms with Crippen molar-refractivity contribution in [3.63, 3.8) is 0 Å². The highest BCUT2D eigenvalue weighted by molar-refractivity contribution is 14.1. The number of pyridine rings is 1. The SMILES string of the molecule is COc1cn2ncc(I)c2cc1C1(F)CCN(C(=O)OC(C)(C)C)CC1. The van der Waals surface area contributed by atoms with Gasteiger partial charge in [0.15, 0.2) is 0 Å². The number of likely N-dealkylation sites (tertiary alicyclic amines) is 1. The lowest BCUT2D eigenvalue weighted by Crippen LogP contribution is -2.45. The third-order valence-corrected chi connectivity index (χ3v) is 5.31. The molecule has 0 unspecified atom stereocenters. The van der Waals surface area contributed by atoms with Gasteiger partial charge in [0.1, 0.15) is 17.0 Å². The zero-order valence-corrected chi connectivity index (χ0v) is 17.5. The summed E-state index contributed by atoms with van der Waals surface area (Å²) in [5.74, 6) is 0.463. The fraction of sp³-hybridized carbons (Fsp3) is 0.556. The molecule has 0 spiro atoms. The zero-order chi connectivity index (χ0) is 19.1. The average molecular weight is 475 g/mol. The van der Waals surface area contributed by atoms with Crippen LogP contribution in [0, 0.1) is 3.57 Å². The molecule has 2 aromatic rings. The molecular weight excluding hydrogens is 452 g/mol. The van der Waals surface area contributed by atoms with Crippen LogP contribution in [0.2, 0.25) is 0 Å². The summed E-state index contributed by atoms with van der Waals surface area (Å²) in [4.78, 5) is 13.8. The Bertz CT molecular complexity index is 823. The maximum atomic E-state index is 15.8. The number of methoxy groups -OCH3 is 1. The third-order valence-electron chi connectivity index (χ3n) is 4.48. The summed E-state index contributed by atoms with van der Waals surface area (Å²) >= 11 is 2.18. The normalized spacial score (nSPS) is 17.4. The standard InChI is InChI=1S/C18H23FIN3O3/c1-17(2,3)26-16(24)22-7-5-18(19,6-8-22)12-9-14-13(20)10-21-23(14)11-15(12)25-4/h9-11H,5-8H2,1-4H3. The third kappa shape index (κ3) is 3.74. The number of alkyl halides is 1. The van der Waals surface area contributed by atoms with Gasteiger partial charge in [0.2, 0.25) is 0 Å². The molecule has 0 N–H and O–H groups in total. The predicted octanol–water partition coefficient (Wildman–Crippen LogP) is 4.14. The number of nitrogens with zero attached hydrogens (tertiary/aromatic N) is 3. The highest BCUT2D eigenvalue weighted by Crippen LogP contribution is 2.42. The van der Waals surface area contributed by atoms with E-state index in [9.17, 15) is 4.79 Å². The molecule has 1 fully saturated rings. The molecule has 26 heavy (non-hydrogen) atoms. The lowest BCUT2D eigenvalue weighted by atomic mass is 9.86. The number of carbonyl (C=O) groups is 1. The molecule has 1 saturated heterocycles. The van der Waals surface area contributed by atoms with Crippen LogP contribution in [-0.4, -0.2) is 46.4 Å². The van der Waals surface area contributed by atoms with E-state index in [2.05, 4.69) is 27.7 Å². The van der Waals surface area contributed by atoms with Gasteiger partial charge < -0.3 is 14.4 Å². The summed E-state index contributed by atoms with van der Waals surface area (Å²) in [7, 11) is 1.53. The van der Waals surface area contributed by atoms with Crippen molar-refractivity contribution in [2.75, 3.05) is 20.2 Å². The molecule has 2 aromatic heterocycles. The number of rotatable bonds is 2. The number of hydrogen-bond donors (Lipinski definition) is 0. The molecule has 0 atom stereocenters. The number of halogens is 2. The van der Waals surface area contributed by atoms with E-state index < -0.39 is 17.4 Å². The van der Waals surface area contributed by atoms with E-state index in [4.69, 9.17) is 9.47 Å². The first-order chi connectivity index (χ1) is 12.1. The van der Waals surface area contributed by atoms with E-state index in [0.29, 0.717) is 24.4 Å². The summed E-state index contributed by atoms with van der Waals surface area (Å²) < 4.78 is 29.2. The Morgan fingerprint density at radius 2 is 2.00 bits per heavy atom. The van der Waals surface area contributed by atoms with Gasteiger partial charge in [0.05, 0.1) is 28.6 Å². The Hall–Kier alpha value is -1.58. The molecule has 3 rings (SSSR count). The van der Waals surface area contributed by atoms with Crippen molar-refractivity contribution in [1.82, 2.24) is 14.5 Å². The Kier molecular flexibility index (Phi) is 5.06. The summed E-state index contributed by atoms with van der Waals surface area (Å²) in [6, 6.07) is 1.80. The van der Waals surface area contributed by atoms with Gasteiger partial charge >= 0.3 is 6.09 Å². The highest BCUT2D eigenvalue weighted by atomic mass is 127. The maximum absolute atomic E-state index is 15.8. The minimum atomic E-state index is -1.56. The number of ether oxygens (including phenoxy) is 2. The lowest BCUT2D eigenvalue weighted by Gasteiger charge is -2.37. The largest absolute Gasteiger partial charge is 0.495 e. The molecule has 0 saturated carbocycles. The Morgan fingerprint density at radius 3 is 2.58 bits per heavy atom. The maximum Gasteiger partial charge on any atom is 0.410 e. The molecular formula is C18H23FIN3O3. The van der Waals surface area contributed by atoms with Gasteiger partial charge in [-0.1, -0.05) is 0 Å². The van der Waals surface area contributed by atoms with Crippen LogP contribution in [0.5, 0.6) is 5.75 Å². The Balaban J connectivity index is 1.83. The quantitative estimate of drug-likeness (QED) is 0.613. The van der Waals surface area contributed by atoms with Gasteiger partial charge in [0.25, 0.3) is 0 Å². The number of hydrogen-bond acceptors (Lipinski definition) is 4. The number of aromatic nitrogens is 2. The van der Waals surface area contributed by atoms with Gasteiger partial charge in [-0.3, -0.25) is 0 Å². The highest BCUT2D eigenvalue weighted by Gasteiger charge is 2.41. The predicted molar refractivity (Wildman–Crippen MR) is 104 cm³/mol. The van der Waals surface area contributed by atoms with Gasteiger partial charge in [-0.25, -0.2) is 13.7 Å². The summed E-state index contributed by atoms with van der Waals surface area (Å²) in [6.07, 6.45) is 3.43. The van der Waals surface area contributed by atoms with Crippen LogP contribution in [0.1, 0.15) is 39.2 Å². The van der Waals surface area contributed by atoms with Crippen molar-refractivity contribution in [3.8, 4) is 5.75 Å². The number of piperidine rings is 1. The monoisotopic (exact) mass is 475 g/mol. The topological polar surface area (TPSA) is 56.1 Å². The number of amides is 1. The Labute approximate surface area is 165 Å². The molecule has 8 heteroatoms. The van der Waals surface area contributed by atoms with E-state index in [1.165, 1.54) is 7.11 Å². The van der Waals surface area contributed by atoms with Crippen LogP contribution >= 0.6 is 22.6 Å². The summed E-state index contributed by atoms with van der Waals surface area (Å²) in [6.45, 7) is 6.07. The second-order valence-corrected chi connectivity index (χ2v) is 8.67. The lowest BCUT2D eigenvalue weighted by molar-refractivity contribution is 0.00178. The molecule has 1 aliphatic heterocycles. The van der Waals surface area contributed by atoms with E-state index in [1.54, 1.807) is 27.9 Å². The van der Waals surface area contributed by atoms with E-state index in [1.807, 2.05) is 20.8 Å². The van der Waals surface area contributed by atoms with Crippen LogP contribution in [0.4, 0.5) is 9.18 Å². The first kappa shape index (κ1) is 19.2. The van der Waals surface area contributed by atoms with Crippen LogP contribution < -0.4 is 4.74 Å². The fourth-order valence-corrected chi connectivity index (χ4v) is 3.66. The molecule has 1 amide bonds. The minimum Gasteiger partial charge on any atom is -0.495 e. The van der Waals surface area contributed by atoms with E-state index >= 15 is 4.39 Å². The molecule has 0 aromatic carbocycles. The zero-order valence-electron chi connectivity index (χ0n) is 15.4. The van der Waals surface area contributed by atoms with Crippen LogP contribution in [-0.2, 0) is 10.4 Å². The van der Waals surface area contributed by atoms with Crippen molar-refractivity contribution < 1.29 is 18.7 Å². The first-order valence-electron chi connectivity index (χ1n) is 8.51. The molecule has 142 valence electrons.